The normalized spacial score (nSPS) is 10.5. The molecule has 1 heterocycles. The average Bonchev–Trinajstić information content (AvgIpc) is 2.84. The number of aromatic nitrogens is 1. The van der Waals surface area contributed by atoms with Gasteiger partial charge in [-0.15, -0.1) is 22.9 Å². The minimum Gasteiger partial charge on any atom is -0.497 e. The number of ether oxygens (including phenoxy) is 1. The van der Waals surface area contributed by atoms with Crippen LogP contribution in [0.4, 0.5) is 0 Å². The molecule has 0 saturated carbocycles. The van der Waals surface area contributed by atoms with E-state index < -0.39 is 0 Å². The minimum atomic E-state index is 0.496. The SMILES string of the molecule is COc1cccc(CCc2nc(CCl)cs2)c1. The molecule has 4 heteroatoms. The number of thiazole rings is 1. The maximum absolute atomic E-state index is 5.72. The van der Waals surface area contributed by atoms with Gasteiger partial charge in [-0.2, -0.15) is 0 Å². The Labute approximate surface area is 110 Å². The second-order valence-corrected chi connectivity index (χ2v) is 4.93. The van der Waals surface area contributed by atoms with Gasteiger partial charge in [0.15, 0.2) is 0 Å². The molecule has 0 spiro atoms. The summed E-state index contributed by atoms with van der Waals surface area (Å²) in [6.45, 7) is 0. The molecule has 0 atom stereocenters. The van der Waals surface area contributed by atoms with Crippen molar-refractivity contribution in [2.45, 2.75) is 18.7 Å². The first kappa shape index (κ1) is 12.4. The summed E-state index contributed by atoms with van der Waals surface area (Å²) in [4.78, 5) is 4.44. The average molecular weight is 268 g/mol. The molecule has 0 amide bonds. The fraction of sp³-hybridized carbons (Fsp3) is 0.308. The first-order chi connectivity index (χ1) is 8.31. The zero-order valence-corrected chi connectivity index (χ0v) is 11.2. The summed E-state index contributed by atoms with van der Waals surface area (Å²) < 4.78 is 5.20. The van der Waals surface area contributed by atoms with E-state index in [9.17, 15) is 0 Å². The van der Waals surface area contributed by atoms with Crippen molar-refractivity contribution in [2.75, 3.05) is 7.11 Å². The number of nitrogens with zero attached hydrogens (tertiary/aromatic N) is 1. The number of alkyl halides is 1. The Balaban J connectivity index is 1.96. The van der Waals surface area contributed by atoms with Crippen LogP contribution in [-0.4, -0.2) is 12.1 Å². The van der Waals surface area contributed by atoms with Gasteiger partial charge >= 0.3 is 0 Å². The summed E-state index contributed by atoms with van der Waals surface area (Å²) in [6.07, 6.45) is 1.93. The van der Waals surface area contributed by atoms with Gasteiger partial charge in [0.05, 0.1) is 23.7 Å². The van der Waals surface area contributed by atoms with Crippen LogP contribution in [0.5, 0.6) is 5.75 Å². The molecule has 0 N–H and O–H groups in total. The second kappa shape index (κ2) is 6.03. The van der Waals surface area contributed by atoms with Gasteiger partial charge < -0.3 is 4.74 Å². The number of methoxy groups -OCH3 is 1. The summed E-state index contributed by atoms with van der Waals surface area (Å²) in [5, 5.41) is 3.16. The molecule has 0 radical (unpaired) electrons. The largest absolute Gasteiger partial charge is 0.497 e. The molecule has 2 nitrogen and oxygen atoms in total. The molecule has 1 aromatic heterocycles. The zero-order valence-electron chi connectivity index (χ0n) is 9.65. The van der Waals surface area contributed by atoms with E-state index in [1.165, 1.54) is 5.56 Å². The molecule has 0 bridgehead atoms. The molecule has 17 heavy (non-hydrogen) atoms. The maximum atomic E-state index is 5.72. The topological polar surface area (TPSA) is 22.1 Å². The van der Waals surface area contributed by atoms with Gasteiger partial charge in [0, 0.05) is 11.8 Å². The lowest BCUT2D eigenvalue weighted by molar-refractivity contribution is 0.414. The summed E-state index contributed by atoms with van der Waals surface area (Å²) in [5.74, 6) is 1.40. The van der Waals surface area contributed by atoms with Gasteiger partial charge in [-0.05, 0) is 24.1 Å². The van der Waals surface area contributed by atoms with Crippen LogP contribution in [0.25, 0.3) is 0 Å². The standard InChI is InChI=1S/C13H14ClNOS/c1-16-12-4-2-3-10(7-12)5-6-13-15-11(8-14)9-17-13/h2-4,7,9H,5-6,8H2,1H3. The first-order valence-corrected chi connectivity index (χ1v) is 6.85. The Morgan fingerprint density at radius 2 is 2.24 bits per heavy atom. The Bertz CT molecular complexity index is 484. The Kier molecular flexibility index (Phi) is 4.40. The highest BCUT2D eigenvalue weighted by Gasteiger charge is 2.02. The van der Waals surface area contributed by atoms with Crippen LogP contribution in [-0.2, 0) is 18.7 Å². The number of aryl methyl sites for hydroxylation is 2. The highest BCUT2D eigenvalue weighted by molar-refractivity contribution is 7.09. The van der Waals surface area contributed by atoms with Crippen molar-refractivity contribution >= 4 is 22.9 Å². The van der Waals surface area contributed by atoms with E-state index in [-0.39, 0.29) is 0 Å². The third-order valence-electron chi connectivity index (χ3n) is 2.50. The van der Waals surface area contributed by atoms with Crippen molar-refractivity contribution in [1.82, 2.24) is 4.98 Å². The molecule has 2 rings (SSSR count). The predicted molar refractivity (Wildman–Crippen MR) is 72.1 cm³/mol. The summed E-state index contributed by atoms with van der Waals surface area (Å²) >= 11 is 7.40. The van der Waals surface area contributed by atoms with Crippen LogP contribution in [0.3, 0.4) is 0 Å². The van der Waals surface area contributed by atoms with E-state index in [1.54, 1.807) is 18.4 Å². The van der Waals surface area contributed by atoms with E-state index in [0.29, 0.717) is 5.88 Å². The van der Waals surface area contributed by atoms with Crippen LogP contribution in [0.2, 0.25) is 0 Å². The van der Waals surface area contributed by atoms with Crippen molar-refractivity contribution in [3.63, 3.8) is 0 Å². The molecule has 2 aromatic rings. The Morgan fingerprint density at radius 1 is 1.35 bits per heavy atom. The molecule has 0 aliphatic heterocycles. The highest BCUT2D eigenvalue weighted by Crippen LogP contribution is 2.17. The molecule has 0 fully saturated rings. The minimum absolute atomic E-state index is 0.496. The highest BCUT2D eigenvalue weighted by atomic mass is 35.5. The van der Waals surface area contributed by atoms with Gasteiger partial charge in [0.25, 0.3) is 0 Å². The van der Waals surface area contributed by atoms with Crippen molar-refractivity contribution in [3.05, 3.63) is 45.9 Å². The van der Waals surface area contributed by atoms with Gasteiger partial charge in [-0.25, -0.2) is 4.98 Å². The van der Waals surface area contributed by atoms with E-state index >= 15 is 0 Å². The maximum Gasteiger partial charge on any atom is 0.119 e. The fourth-order valence-corrected chi connectivity index (χ4v) is 2.63. The van der Waals surface area contributed by atoms with Gasteiger partial charge in [-0.3, -0.25) is 0 Å². The second-order valence-electron chi connectivity index (χ2n) is 3.72. The third kappa shape index (κ3) is 3.45. The van der Waals surface area contributed by atoms with Crippen LogP contribution < -0.4 is 4.74 Å². The molecule has 0 saturated heterocycles. The van der Waals surface area contributed by atoms with Gasteiger partial charge in [-0.1, -0.05) is 12.1 Å². The lowest BCUT2D eigenvalue weighted by Gasteiger charge is -2.03. The monoisotopic (exact) mass is 267 g/mol. The predicted octanol–water partition coefficient (Wildman–Crippen LogP) is 3.68. The van der Waals surface area contributed by atoms with Crippen LogP contribution in [0.1, 0.15) is 16.3 Å². The Hall–Kier alpha value is -1.06. The molecule has 90 valence electrons. The number of hydrogen-bond donors (Lipinski definition) is 0. The van der Waals surface area contributed by atoms with E-state index in [4.69, 9.17) is 16.3 Å². The molecule has 0 unspecified atom stereocenters. The molecule has 1 aromatic carbocycles. The van der Waals surface area contributed by atoms with Crippen molar-refractivity contribution in [1.29, 1.82) is 0 Å². The molecule has 0 aliphatic rings. The van der Waals surface area contributed by atoms with E-state index in [2.05, 4.69) is 17.1 Å². The van der Waals surface area contributed by atoms with Crippen molar-refractivity contribution < 1.29 is 4.74 Å². The quantitative estimate of drug-likeness (QED) is 0.771. The number of benzene rings is 1. The first-order valence-electron chi connectivity index (χ1n) is 5.44. The van der Waals surface area contributed by atoms with E-state index in [0.717, 1.165) is 29.3 Å². The van der Waals surface area contributed by atoms with Crippen molar-refractivity contribution in [3.8, 4) is 5.75 Å². The summed E-state index contributed by atoms with van der Waals surface area (Å²) in [6, 6.07) is 8.15. The lowest BCUT2D eigenvalue weighted by atomic mass is 10.1. The fourth-order valence-electron chi connectivity index (χ4n) is 1.60. The van der Waals surface area contributed by atoms with Crippen LogP contribution in [0, 0.1) is 0 Å². The molecule has 0 aliphatic carbocycles. The third-order valence-corrected chi connectivity index (χ3v) is 3.73. The van der Waals surface area contributed by atoms with Crippen molar-refractivity contribution in [2.24, 2.45) is 0 Å². The lowest BCUT2D eigenvalue weighted by Crippen LogP contribution is -1.92. The van der Waals surface area contributed by atoms with Gasteiger partial charge in [0.2, 0.25) is 0 Å². The number of hydrogen-bond acceptors (Lipinski definition) is 3. The van der Waals surface area contributed by atoms with Crippen LogP contribution >= 0.6 is 22.9 Å². The summed E-state index contributed by atoms with van der Waals surface area (Å²) in [7, 11) is 1.69. The van der Waals surface area contributed by atoms with Crippen LogP contribution in [0.15, 0.2) is 29.6 Å². The number of rotatable bonds is 5. The van der Waals surface area contributed by atoms with E-state index in [1.807, 2.05) is 17.5 Å². The molecular weight excluding hydrogens is 254 g/mol. The van der Waals surface area contributed by atoms with Gasteiger partial charge in [0.1, 0.15) is 5.75 Å². The zero-order chi connectivity index (χ0) is 12.1. The number of halogens is 1. The smallest absolute Gasteiger partial charge is 0.119 e. The molecular formula is C13H14ClNOS. The summed E-state index contributed by atoms with van der Waals surface area (Å²) in [5.41, 5.74) is 2.24. The Morgan fingerprint density at radius 3 is 2.94 bits per heavy atom.